The molecular formula is C28H31ClN2O6. The monoisotopic (exact) mass is 526 g/mol. The van der Waals surface area contributed by atoms with Crippen LogP contribution in [0.1, 0.15) is 48.8 Å². The number of piperidine rings is 1. The number of aromatic nitrogens is 1. The molecule has 1 amide bonds. The first-order valence-electron chi connectivity index (χ1n) is 12.4. The molecule has 1 aliphatic rings. The normalized spacial score (nSPS) is 15.6. The van der Waals surface area contributed by atoms with Crippen molar-refractivity contribution in [2.75, 3.05) is 13.2 Å². The van der Waals surface area contributed by atoms with Gasteiger partial charge in [-0.3, -0.25) is 9.59 Å². The average Bonchev–Trinajstić information content (AvgIpc) is 2.82. The van der Waals surface area contributed by atoms with E-state index in [4.69, 9.17) is 21.4 Å². The van der Waals surface area contributed by atoms with Crippen LogP contribution >= 0.6 is 11.6 Å². The minimum absolute atomic E-state index is 0.0819. The number of carboxylic acids is 1. The van der Waals surface area contributed by atoms with Crippen molar-refractivity contribution in [2.24, 2.45) is 0 Å². The van der Waals surface area contributed by atoms with Crippen LogP contribution in [0, 0.1) is 13.8 Å². The number of carbonyl (C=O) groups is 2. The number of ether oxygens (including phenoxy) is 1. The molecular weight excluding hydrogens is 496 g/mol. The zero-order valence-corrected chi connectivity index (χ0v) is 21.7. The van der Waals surface area contributed by atoms with Gasteiger partial charge in [-0.15, -0.1) is 0 Å². The second-order valence-corrected chi connectivity index (χ2v) is 10.1. The molecule has 0 spiro atoms. The number of carboxylic acid groups (broad SMARTS) is 2. The van der Waals surface area contributed by atoms with E-state index >= 15 is 0 Å². The van der Waals surface area contributed by atoms with E-state index in [1.165, 1.54) is 4.90 Å². The second kappa shape index (κ2) is 11.3. The third-order valence-corrected chi connectivity index (χ3v) is 7.17. The number of H-pyrrole nitrogens is 1. The van der Waals surface area contributed by atoms with Crippen LogP contribution in [-0.4, -0.2) is 51.4 Å². The number of nitrogens with zero attached hydrogens (tertiary/aromatic N) is 1. The lowest BCUT2D eigenvalue weighted by Gasteiger charge is -2.33. The molecule has 37 heavy (non-hydrogen) atoms. The number of fused-ring (bicyclic) bond motifs is 1. The molecule has 0 radical (unpaired) electrons. The van der Waals surface area contributed by atoms with Crippen LogP contribution in [0.4, 0.5) is 4.79 Å². The molecule has 0 bridgehead atoms. The number of nitrogens with one attached hydrogen (secondary N) is 1. The first kappa shape index (κ1) is 26.5. The van der Waals surface area contributed by atoms with Crippen LogP contribution in [0.15, 0.2) is 35.1 Å². The Morgan fingerprint density at radius 1 is 1.11 bits per heavy atom. The van der Waals surface area contributed by atoms with Crippen LogP contribution in [0.3, 0.4) is 0 Å². The summed E-state index contributed by atoms with van der Waals surface area (Å²) < 4.78 is 6.32. The van der Waals surface area contributed by atoms with Gasteiger partial charge in [0, 0.05) is 35.8 Å². The van der Waals surface area contributed by atoms with Gasteiger partial charge in [-0.2, -0.15) is 0 Å². The lowest BCUT2D eigenvalue weighted by Crippen LogP contribution is -2.43. The Labute approximate surface area is 219 Å². The summed E-state index contributed by atoms with van der Waals surface area (Å²) in [6.45, 7) is 4.64. The molecule has 1 fully saturated rings. The fourth-order valence-electron chi connectivity index (χ4n) is 5.15. The van der Waals surface area contributed by atoms with E-state index in [0.29, 0.717) is 51.3 Å². The largest absolute Gasteiger partial charge is 0.492 e. The molecule has 1 unspecified atom stereocenters. The van der Waals surface area contributed by atoms with Gasteiger partial charge in [0.2, 0.25) is 0 Å². The van der Waals surface area contributed by atoms with Gasteiger partial charge in [0.1, 0.15) is 5.75 Å². The number of amides is 1. The van der Waals surface area contributed by atoms with E-state index in [1.54, 1.807) is 12.1 Å². The molecule has 8 nitrogen and oxygen atoms in total. The minimum Gasteiger partial charge on any atom is -0.492 e. The van der Waals surface area contributed by atoms with Crippen molar-refractivity contribution in [2.45, 2.75) is 58.4 Å². The van der Waals surface area contributed by atoms with Gasteiger partial charge in [-0.05, 0) is 62.8 Å². The molecule has 3 N–H and O–H groups in total. The summed E-state index contributed by atoms with van der Waals surface area (Å²) in [5.41, 5.74) is 3.89. The van der Waals surface area contributed by atoms with E-state index < -0.39 is 12.1 Å². The molecule has 1 atom stereocenters. The lowest BCUT2D eigenvalue weighted by atomic mass is 9.98. The number of aromatic amines is 1. The first-order valence-corrected chi connectivity index (χ1v) is 12.8. The van der Waals surface area contributed by atoms with Crippen molar-refractivity contribution in [1.82, 2.24) is 9.88 Å². The predicted octanol–water partition coefficient (Wildman–Crippen LogP) is 5.78. The van der Waals surface area contributed by atoms with Crippen molar-refractivity contribution in [3.63, 3.8) is 0 Å². The second-order valence-electron chi connectivity index (χ2n) is 9.68. The highest BCUT2D eigenvalue weighted by Gasteiger charge is 2.27. The fraction of sp³-hybridized carbons (Fsp3) is 0.393. The number of hydrogen-bond donors (Lipinski definition) is 3. The third-order valence-electron chi connectivity index (χ3n) is 6.82. The SMILES string of the molecule is Cc1cc(C)cc(-c2c(OCCC3CCCCN3C(=O)O)c3cc(CCC(=O)O)c(Cl)cc3[nH]c2=O)c1. The van der Waals surface area contributed by atoms with E-state index in [-0.39, 0.29) is 31.0 Å². The highest BCUT2D eigenvalue weighted by Crippen LogP contribution is 2.37. The quantitative estimate of drug-likeness (QED) is 0.342. The molecule has 1 saturated heterocycles. The first-order chi connectivity index (χ1) is 17.6. The summed E-state index contributed by atoms with van der Waals surface area (Å²) in [6.07, 6.45) is 2.29. The van der Waals surface area contributed by atoms with Crippen LogP contribution in [0.25, 0.3) is 22.0 Å². The molecule has 4 rings (SSSR count). The van der Waals surface area contributed by atoms with Gasteiger partial charge in [-0.25, -0.2) is 4.79 Å². The molecule has 2 aromatic carbocycles. The maximum Gasteiger partial charge on any atom is 0.407 e. The number of hydrogen-bond acceptors (Lipinski definition) is 4. The highest BCUT2D eigenvalue weighted by atomic mass is 35.5. The molecule has 1 aliphatic heterocycles. The van der Waals surface area contributed by atoms with E-state index in [1.807, 2.05) is 32.0 Å². The smallest absolute Gasteiger partial charge is 0.407 e. The van der Waals surface area contributed by atoms with Crippen molar-refractivity contribution < 1.29 is 24.5 Å². The minimum atomic E-state index is -0.931. The number of aliphatic carboxylic acids is 1. The summed E-state index contributed by atoms with van der Waals surface area (Å²) >= 11 is 6.42. The summed E-state index contributed by atoms with van der Waals surface area (Å²) in [5, 5.41) is 19.7. The Bertz CT molecular complexity index is 1380. The number of halogens is 1. The summed E-state index contributed by atoms with van der Waals surface area (Å²) in [6, 6.07) is 9.12. The van der Waals surface area contributed by atoms with Crippen LogP contribution in [0.5, 0.6) is 5.75 Å². The molecule has 0 aliphatic carbocycles. The number of likely N-dealkylation sites (tertiary alicyclic amines) is 1. The van der Waals surface area contributed by atoms with E-state index in [9.17, 15) is 19.5 Å². The van der Waals surface area contributed by atoms with Crippen molar-refractivity contribution in [1.29, 1.82) is 0 Å². The molecule has 1 aromatic heterocycles. The van der Waals surface area contributed by atoms with Crippen molar-refractivity contribution in [3.05, 3.63) is 62.4 Å². The van der Waals surface area contributed by atoms with Crippen LogP contribution < -0.4 is 10.3 Å². The maximum atomic E-state index is 13.4. The third kappa shape index (κ3) is 6.07. The van der Waals surface area contributed by atoms with Gasteiger partial charge in [0.25, 0.3) is 5.56 Å². The maximum absolute atomic E-state index is 13.4. The summed E-state index contributed by atoms with van der Waals surface area (Å²) in [7, 11) is 0. The summed E-state index contributed by atoms with van der Waals surface area (Å²) in [5.74, 6) is -0.546. The van der Waals surface area contributed by atoms with Gasteiger partial charge >= 0.3 is 12.1 Å². The van der Waals surface area contributed by atoms with E-state index in [2.05, 4.69) is 4.98 Å². The average molecular weight is 527 g/mol. The topological polar surface area (TPSA) is 120 Å². The van der Waals surface area contributed by atoms with Gasteiger partial charge in [-0.1, -0.05) is 40.9 Å². The highest BCUT2D eigenvalue weighted by molar-refractivity contribution is 6.32. The molecule has 2 heterocycles. The number of aryl methyl sites for hydroxylation is 3. The Morgan fingerprint density at radius 2 is 1.84 bits per heavy atom. The number of benzene rings is 2. The number of rotatable bonds is 8. The number of pyridine rings is 1. The Morgan fingerprint density at radius 3 is 2.51 bits per heavy atom. The van der Waals surface area contributed by atoms with Gasteiger partial charge in [0.05, 0.1) is 17.7 Å². The Kier molecular flexibility index (Phi) is 8.07. The van der Waals surface area contributed by atoms with Crippen molar-refractivity contribution in [3.8, 4) is 16.9 Å². The molecule has 196 valence electrons. The standard InChI is InChI=1S/C28H31ClN2O6/c1-16-11-17(2)13-19(12-16)25-26(37-10-8-20-5-3-4-9-31(20)28(35)36)21-14-18(6-7-24(32)33)22(29)15-23(21)30-27(25)34/h11-15,20H,3-10H2,1-2H3,(H,30,34)(H,32,33)(H,35,36). The Hall–Kier alpha value is -3.52. The van der Waals surface area contributed by atoms with E-state index in [0.717, 1.165) is 30.4 Å². The van der Waals surface area contributed by atoms with Crippen molar-refractivity contribution >= 4 is 34.6 Å². The fourth-order valence-corrected chi connectivity index (χ4v) is 5.40. The van der Waals surface area contributed by atoms with Crippen LogP contribution in [-0.2, 0) is 11.2 Å². The zero-order chi connectivity index (χ0) is 26.7. The predicted molar refractivity (Wildman–Crippen MR) is 143 cm³/mol. The molecule has 9 heteroatoms. The molecule has 0 saturated carbocycles. The lowest BCUT2D eigenvalue weighted by molar-refractivity contribution is -0.136. The van der Waals surface area contributed by atoms with Gasteiger partial charge in [0.15, 0.2) is 0 Å². The zero-order valence-electron chi connectivity index (χ0n) is 21.0. The van der Waals surface area contributed by atoms with Gasteiger partial charge < -0.3 is 24.8 Å². The molecule has 3 aromatic rings. The Balaban J connectivity index is 1.79. The summed E-state index contributed by atoms with van der Waals surface area (Å²) in [4.78, 5) is 40.6. The van der Waals surface area contributed by atoms with Crippen LogP contribution in [0.2, 0.25) is 5.02 Å².